The number of ether oxygens (including phenoxy) is 1. The molecule has 2 aromatic rings. The van der Waals surface area contributed by atoms with Gasteiger partial charge in [0.1, 0.15) is 9.88 Å². The molecule has 0 bridgehead atoms. The van der Waals surface area contributed by atoms with Gasteiger partial charge in [-0.2, -0.15) is 0 Å². The van der Waals surface area contributed by atoms with Crippen LogP contribution in [0.15, 0.2) is 22.5 Å². The van der Waals surface area contributed by atoms with Crippen molar-refractivity contribution in [1.29, 1.82) is 0 Å². The molecule has 25 heavy (non-hydrogen) atoms. The number of carbonyl (C=O) groups excluding carboxylic acids is 1. The van der Waals surface area contributed by atoms with Crippen LogP contribution in [0.25, 0.3) is 0 Å². The zero-order valence-electron chi connectivity index (χ0n) is 15.0. The van der Waals surface area contributed by atoms with Gasteiger partial charge < -0.3 is 15.4 Å². The number of nitrogens with zero attached hydrogens (tertiary/aromatic N) is 2. The molecule has 2 heterocycles. The molecule has 2 N–H and O–H groups in total. The molecular weight excluding hydrogens is 356 g/mol. The molecule has 2 rings (SSSR count). The zero-order chi connectivity index (χ0) is 18.2. The molecule has 0 aliphatic rings. The van der Waals surface area contributed by atoms with Gasteiger partial charge in [-0.25, -0.2) is 14.8 Å². The summed E-state index contributed by atoms with van der Waals surface area (Å²) in [6.07, 6.45) is 0. The summed E-state index contributed by atoms with van der Waals surface area (Å²) in [5.41, 5.74) is 0.702. The van der Waals surface area contributed by atoms with Gasteiger partial charge in [-0.3, -0.25) is 0 Å². The van der Waals surface area contributed by atoms with E-state index in [1.165, 1.54) is 16.2 Å². The summed E-state index contributed by atoms with van der Waals surface area (Å²) in [6, 6.07) is 4.03. The Kier molecular flexibility index (Phi) is 7.39. The summed E-state index contributed by atoms with van der Waals surface area (Å²) < 4.78 is 5.08. The SMILES string of the molecule is CCNC(=NCc1cccs1)NC(C)c1nc(C)c(C(=O)OCC)s1. The highest BCUT2D eigenvalue weighted by Gasteiger charge is 2.20. The first kappa shape index (κ1) is 19.4. The quantitative estimate of drug-likeness (QED) is 0.437. The van der Waals surface area contributed by atoms with Gasteiger partial charge in [-0.05, 0) is 39.1 Å². The molecule has 6 nitrogen and oxygen atoms in total. The lowest BCUT2D eigenvalue weighted by Gasteiger charge is -2.15. The number of rotatable bonds is 7. The van der Waals surface area contributed by atoms with E-state index in [4.69, 9.17) is 4.74 Å². The third-order valence-electron chi connectivity index (χ3n) is 3.31. The Balaban J connectivity index is 2.07. The van der Waals surface area contributed by atoms with E-state index in [-0.39, 0.29) is 12.0 Å². The summed E-state index contributed by atoms with van der Waals surface area (Å²) in [7, 11) is 0. The standard InChI is InChI=1S/C17H24N4O2S2/c1-5-18-17(19-10-13-8-7-9-24-13)21-12(4)15-20-11(3)14(25-15)16(22)23-6-2/h7-9,12H,5-6,10H2,1-4H3,(H2,18,19,21). The molecule has 0 spiro atoms. The molecule has 8 heteroatoms. The van der Waals surface area contributed by atoms with Gasteiger partial charge in [0.2, 0.25) is 0 Å². The lowest BCUT2D eigenvalue weighted by Crippen LogP contribution is -2.38. The lowest BCUT2D eigenvalue weighted by molar-refractivity contribution is 0.0531. The Hall–Kier alpha value is -1.93. The molecule has 0 amide bonds. The smallest absolute Gasteiger partial charge is 0.350 e. The molecule has 0 aliphatic carbocycles. The van der Waals surface area contributed by atoms with Gasteiger partial charge in [-0.15, -0.1) is 22.7 Å². The van der Waals surface area contributed by atoms with Gasteiger partial charge in [0.05, 0.1) is 24.9 Å². The molecule has 0 saturated heterocycles. The highest BCUT2D eigenvalue weighted by molar-refractivity contribution is 7.13. The fourth-order valence-electron chi connectivity index (χ4n) is 2.13. The second-order valence-corrected chi connectivity index (χ2v) is 7.39. The Morgan fingerprint density at radius 1 is 1.44 bits per heavy atom. The number of carbonyl (C=O) groups is 1. The molecule has 0 saturated carbocycles. The topological polar surface area (TPSA) is 75.6 Å². The van der Waals surface area contributed by atoms with Crippen LogP contribution in [0, 0.1) is 6.92 Å². The molecule has 0 radical (unpaired) electrons. The van der Waals surface area contributed by atoms with Crippen molar-refractivity contribution in [3.8, 4) is 0 Å². The van der Waals surface area contributed by atoms with Crippen molar-refractivity contribution in [2.45, 2.75) is 40.3 Å². The minimum absolute atomic E-state index is 0.0620. The van der Waals surface area contributed by atoms with Crippen molar-refractivity contribution < 1.29 is 9.53 Å². The molecule has 2 aromatic heterocycles. The molecule has 136 valence electrons. The second kappa shape index (κ2) is 9.53. The van der Waals surface area contributed by atoms with Crippen LogP contribution in [-0.2, 0) is 11.3 Å². The van der Waals surface area contributed by atoms with Crippen LogP contribution >= 0.6 is 22.7 Å². The molecule has 1 atom stereocenters. The maximum absolute atomic E-state index is 12.0. The Morgan fingerprint density at radius 3 is 2.88 bits per heavy atom. The average molecular weight is 381 g/mol. The fourth-order valence-corrected chi connectivity index (χ4v) is 3.73. The normalized spacial score (nSPS) is 12.7. The number of nitrogens with one attached hydrogen (secondary N) is 2. The van der Waals surface area contributed by atoms with Crippen molar-refractivity contribution in [1.82, 2.24) is 15.6 Å². The number of thiazole rings is 1. The first-order valence-corrected chi connectivity index (χ1v) is 9.96. The Bertz CT molecular complexity index is 710. The molecule has 1 unspecified atom stereocenters. The average Bonchev–Trinajstić information content (AvgIpc) is 3.22. The summed E-state index contributed by atoms with van der Waals surface area (Å²) in [5.74, 6) is 0.420. The number of hydrogen-bond acceptors (Lipinski definition) is 6. The number of aliphatic imine (C=N–C) groups is 1. The Labute approximate surface area is 156 Å². The summed E-state index contributed by atoms with van der Waals surface area (Å²) in [6.45, 7) is 9.42. The van der Waals surface area contributed by atoms with E-state index in [1.54, 1.807) is 18.3 Å². The summed E-state index contributed by atoms with van der Waals surface area (Å²) >= 11 is 3.05. The van der Waals surface area contributed by atoms with E-state index < -0.39 is 0 Å². The van der Waals surface area contributed by atoms with E-state index in [1.807, 2.05) is 32.2 Å². The molecule has 0 fully saturated rings. The molecular formula is C17H24N4O2S2. The lowest BCUT2D eigenvalue weighted by atomic mass is 10.3. The third kappa shape index (κ3) is 5.54. The number of guanidine groups is 1. The monoisotopic (exact) mass is 380 g/mol. The number of hydrogen-bond donors (Lipinski definition) is 2. The fraction of sp³-hybridized carbons (Fsp3) is 0.471. The maximum atomic E-state index is 12.0. The van der Waals surface area contributed by atoms with Crippen LogP contribution in [0.5, 0.6) is 0 Å². The van der Waals surface area contributed by atoms with Gasteiger partial charge in [0, 0.05) is 11.4 Å². The van der Waals surface area contributed by atoms with Crippen LogP contribution in [0.3, 0.4) is 0 Å². The van der Waals surface area contributed by atoms with Crippen LogP contribution in [-0.4, -0.2) is 30.1 Å². The maximum Gasteiger partial charge on any atom is 0.350 e. The molecule has 0 aromatic carbocycles. The molecule has 0 aliphatic heterocycles. The minimum atomic E-state index is -0.311. The predicted octanol–water partition coefficient (Wildman–Crippen LogP) is 3.51. The van der Waals surface area contributed by atoms with Crippen LogP contribution < -0.4 is 10.6 Å². The zero-order valence-corrected chi connectivity index (χ0v) is 16.6. The minimum Gasteiger partial charge on any atom is -0.462 e. The van der Waals surface area contributed by atoms with E-state index >= 15 is 0 Å². The van der Waals surface area contributed by atoms with E-state index in [9.17, 15) is 4.79 Å². The van der Waals surface area contributed by atoms with Gasteiger partial charge in [0.25, 0.3) is 0 Å². The van der Waals surface area contributed by atoms with Crippen molar-refractivity contribution in [2.24, 2.45) is 4.99 Å². The highest BCUT2D eigenvalue weighted by Crippen LogP contribution is 2.24. The van der Waals surface area contributed by atoms with E-state index in [2.05, 4.69) is 26.7 Å². The van der Waals surface area contributed by atoms with Gasteiger partial charge in [-0.1, -0.05) is 6.07 Å². The predicted molar refractivity (Wildman–Crippen MR) is 103 cm³/mol. The largest absolute Gasteiger partial charge is 0.462 e. The van der Waals surface area contributed by atoms with Crippen LogP contribution in [0.4, 0.5) is 0 Å². The van der Waals surface area contributed by atoms with Crippen molar-refractivity contribution in [3.05, 3.63) is 38.0 Å². The third-order valence-corrected chi connectivity index (χ3v) is 5.50. The number of esters is 1. The van der Waals surface area contributed by atoms with Crippen LogP contribution in [0.2, 0.25) is 0 Å². The van der Waals surface area contributed by atoms with Gasteiger partial charge >= 0.3 is 5.97 Å². The van der Waals surface area contributed by atoms with Crippen molar-refractivity contribution >= 4 is 34.6 Å². The van der Waals surface area contributed by atoms with Gasteiger partial charge in [0.15, 0.2) is 5.96 Å². The number of aryl methyl sites for hydroxylation is 1. The Morgan fingerprint density at radius 2 is 2.24 bits per heavy atom. The number of aromatic nitrogens is 1. The highest BCUT2D eigenvalue weighted by atomic mass is 32.1. The first-order chi connectivity index (χ1) is 12.0. The van der Waals surface area contributed by atoms with Crippen LogP contribution in [0.1, 0.15) is 52.1 Å². The van der Waals surface area contributed by atoms with Crippen molar-refractivity contribution in [2.75, 3.05) is 13.2 Å². The summed E-state index contributed by atoms with van der Waals surface area (Å²) in [4.78, 5) is 22.8. The second-order valence-electron chi connectivity index (χ2n) is 5.33. The first-order valence-electron chi connectivity index (χ1n) is 8.26. The van der Waals surface area contributed by atoms with E-state index in [0.717, 1.165) is 17.5 Å². The summed E-state index contributed by atoms with van der Waals surface area (Å²) in [5, 5.41) is 9.47. The van der Waals surface area contributed by atoms with Crippen molar-refractivity contribution in [3.63, 3.8) is 0 Å². The number of thiophene rings is 1. The van der Waals surface area contributed by atoms with E-state index in [0.29, 0.717) is 23.7 Å².